The topological polar surface area (TPSA) is 139 Å². The number of carboxylic acids is 1. The molecule has 0 spiro atoms. The van der Waals surface area contributed by atoms with Crippen LogP contribution in [0.25, 0.3) is 0 Å². The molecule has 1 amide bonds. The van der Waals surface area contributed by atoms with E-state index in [-0.39, 0.29) is 18.7 Å². The second-order valence-corrected chi connectivity index (χ2v) is 8.37. The quantitative estimate of drug-likeness (QED) is 0.0823. The van der Waals surface area contributed by atoms with Crippen LogP contribution >= 0.6 is 0 Å². The van der Waals surface area contributed by atoms with Gasteiger partial charge in [-0.05, 0) is 65.1 Å². The van der Waals surface area contributed by atoms with Crippen molar-refractivity contribution in [3.63, 3.8) is 0 Å². The Kier molecular flexibility index (Phi) is 21.6. The molecule has 10 heteroatoms. The molecule has 0 saturated heterocycles. The maximum atomic E-state index is 12.7. The molecule has 0 unspecified atom stereocenters. The van der Waals surface area contributed by atoms with Crippen LogP contribution in [0.5, 0.6) is 0 Å². The van der Waals surface area contributed by atoms with Gasteiger partial charge in [-0.2, -0.15) is 0 Å². The molecular weight excluding hydrogens is 422 g/mol. The summed E-state index contributed by atoms with van der Waals surface area (Å²) in [5, 5.41) is 32.6. The fourth-order valence-corrected chi connectivity index (χ4v) is 3.45. The first kappa shape index (κ1) is 31.7. The molecule has 0 aliphatic carbocycles. The van der Waals surface area contributed by atoms with E-state index in [2.05, 4.69) is 58.0 Å². The number of aliphatic carboxylic acids is 1. The van der Waals surface area contributed by atoms with Gasteiger partial charge in [0.15, 0.2) is 0 Å². The van der Waals surface area contributed by atoms with E-state index in [0.29, 0.717) is 26.1 Å². The second kappa shape index (κ2) is 22.5. The van der Waals surface area contributed by atoms with E-state index in [0.717, 1.165) is 71.7 Å². The molecule has 10 nitrogen and oxygen atoms in total. The molecule has 196 valence electrons. The Balaban J connectivity index is 4.99. The van der Waals surface area contributed by atoms with Crippen LogP contribution in [0, 0.1) is 0 Å². The molecule has 0 aromatic rings. The van der Waals surface area contributed by atoms with Crippen molar-refractivity contribution in [2.24, 2.45) is 0 Å². The zero-order valence-electron chi connectivity index (χ0n) is 21.3. The number of amides is 1. The van der Waals surface area contributed by atoms with Gasteiger partial charge in [0.05, 0.1) is 5.54 Å². The van der Waals surface area contributed by atoms with Crippen LogP contribution in [0.2, 0.25) is 0 Å². The minimum absolute atomic E-state index is 0.00666. The average molecular weight is 474 g/mol. The second-order valence-electron chi connectivity index (χ2n) is 8.37. The molecular formula is C23H51N7O3. The van der Waals surface area contributed by atoms with Crippen molar-refractivity contribution < 1.29 is 14.7 Å². The molecule has 0 aliphatic rings. The lowest BCUT2D eigenvalue weighted by Crippen LogP contribution is -2.65. The summed E-state index contributed by atoms with van der Waals surface area (Å²) < 4.78 is 0. The highest BCUT2D eigenvalue weighted by atomic mass is 16.4. The molecule has 0 bridgehead atoms. The van der Waals surface area contributed by atoms with Crippen LogP contribution in [-0.2, 0) is 9.59 Å². The van der Waals surface area contributed by atoms with Gasteiger partial charge in [-0.3, -0.25) is 9.59 Å². The van der Waals surface area contributed by atoms with Gasteiger partial charge in [0.1, 0.15) is 0 Å². The van der Waals surface area contributed by atoms with Crippen LogP contribution in [0.1, 0.15) is 52.9 Å². The molecule has 0 radical (unpaired) electrons. The number of carbonyl (C=O) groups is 2. The zero-order chi connectivity index (χ0) is 24.6. The Morgan fingerprint density at radius 2 is 1.03 bits per heavy atom. The molecule has 0 atom stereocenters. The summed E-state index contributed by atoms with van der Waals surface area (Å²) in [6.45, 7) is 16.3. The molecule has 33 heavy (non-hydrogen) atoms. The lowest BCUT2D eigenvalue weighted by molar-refractivity contribution is -0.137. The third-order valence-corrected chi connectivity index (χ3v) is 5.23. The molecule has 0 aliphatic heterocycles. The summed E-state index contributed by atoms with van der Waals surface area (Å²) in [6.07, 6.45) is 2.59. The highest BCUT2D eigenvalue weighted by molar-refractivity contribution is 5.77. The Hall–Kier alpha value is -1.30. The van der Waals surface area contributed by atoms with Gasteiger partial charge in [0, 0.05) is 45.6 Å². The minimum Gasteiger partial charge on any atom is -0.481 e. The Bertz CT molecular complexity index is 465. The van der Waals surface area contributed by atoms with Gasteiger partial charge in [0.2, 0.25) is 5.91 Å². The van der Waals surface area contributed by atoms with Gasteiger partial charge >= 0.3 is 5.97 Å². The van der Waals surface area contributed by atoms with Gasteiger partial charge in [-0.15, -0.1) is 0 Å². The van der Waals surface area contributed by atoms with E-state index in [1.165, 1.54) is 0 Å². The molecule has 0 saturated carbocycles. The first-order chi connectivity index (χ1) is 16.0. The van der Waals surface area contributed by atoms with Gasteiger partial charge in [-0.1, -0.05) is 20.8 Å². The first-order valence-corrected chi connectivity index (χ1v) is 12.8. The predicted molar refractivity (Wildman–Crippen MR) is 136 cm³/mol. The summed E-state index contributed by atoms with van der Waals surface area (Å²) in [4.78, 5) is 23.5. The van der Waals surface area contributed by atoms with Crippen molar-refractivity contribution in [1.29, 1.82) is 0 Å². The molecule has 0 fully saturated rings. The van der Waals surface area contributed by atoms with Gasteiger partial charge in [0.25, 0.3) is 0 Å². The molecule has 0 aromatic heterocycles. The van der Waals surface area contributed by atoms with Crippen molar-refractivity contribution in [3.8, 4) is 0 Å². The maximum Gasteiger partial charge on any atom is 0.303 e. The van der Waals surface area contributed by atoms with Crippen molar-refractivity contribution in [3.05, 3.63) is 0 Å². The van der Waals surface area contributed by atoms with Crippen LogP contribution in [0.3, 0.4) is 0 Å². The number of carboxylic acid groups (broad SMARTS) is 1. The van der Waals surface area contributed by atoms with Crippen molar-refractivity contribution >= 4 is 11.9 Å². The van der Waals surface area contributed by atoms with Crippen molar-refractivity contribution in [1.82, 2.24) is 37.2 Å². The van der Waals surface area contributed by atoms with E-state index < -0.39 is 11.5 Å². The highest BCUT2D eigenvalue weighted by Crippen LogP contribution is 2.05. The third kappa shape index (κ3) is 19.8. The highest BCUT2D eigenvalue weighted by Gasteiger charge is 2.31. The summed E-state index contributed by atoms with van der Waals surface area (Å²) in [5.74, 6) is -0.975. The third-order valence-electron chi connectivity index (χ3n) is 5.23. The minimum atomic E-state index is -0.871. The maximum absolute atomic E-state index is 12.7. The van der Waals surface area contributed by atoms with Crippen LogP contribution in [-0.4, -0.2) is 101 Å². The van der Waals surface area contributed by atoms with E-state index in [9.17, 15) is 9.59 Å². The zero-order valence-corrected chi connectivity index (χ0v) is 21.3. The molecule has 0 heterocycles. The number of hydrogen-bond donors (Lipinski definition) is 8. The fourth-order valence-electron chi connectivity index (χ4n) is 3.45. The smallest absolute Gasteiger partial charge is 0.303 e. The summed E-state index contributed by atoms with van der Waals surface area (Å²) in [6, 6.07) is 0. The lowest BCUT2D eigenvalue weighted by atomic mass is 9.97. The summed E-state index contributed by atoms with van der Waals surface area (Å²) >= 11 is 0. The Labute approximate surface area is 201 Å². The predicted octanol–water partition coefficient (Wildman–Crippen LogP) is -0.526. The Morgan fingerprint density at radius 3 is 1.52 bits per heavy atom. The molecule has 0 aromatic carbocycles. The van der Waals surface area contributed by atoms with Gasteiger partial charge < -0.3 is 42.3 Å². The normalized spacial score (nSPS) is 11.6. The largest absolute Gasteiger partial charge is 0.481 e. The van der Waals surface area contributed by atoms with Crippen LogP contribution in [0.4, 0.5) is 0 Å². The standard InChI is InChI=1S/C23H51N7O3/c1-4-24-12-8-14-27-18-23(20-29-17-16-26-6-3,19-28-15-9-13-25-5-2)30-21(31)10-7-11-22(32)33/h24-29H,4-20H2,1-3H3,(H,30,31)(H,32,33). The molecule has 8 N–H and O–H groups in total. The number of rotatable bonds is 25. The summed E-state index contributed by atoms with van der Waals surface area (Å²) in [7, 11) is 0. The lowest BCUT2D eigenvalue weighted by Gasteiger charge is -2.36. The molecule has 0 rings (SSSR count). The van der Waals surface area contributed by atoms with Crippen molar-refractivity contribution in [2.75, 3.05) is 78.5 Å². The first-order valence-electron chi connectivity index (χ1n) is 12.8. The van der Waals surface area contributed by atoms with Gasteiger partial charge in [-0.25, -0.2) is 0 Å². The monoisotopic (exact) mass is 473 g/mol. The average Bonchev–Trinajstić information content (AvgIpc) is 2.78. The number of likely N-dealkylation sites (N-methyl/N-ethyl adjacent to an activating group) is 1. The van der Waals surface area contributed by atoms with E-state index in [1.807, 2.05) is 0 Å². The number of nitrogens with one attached hydrogen (secondary N) is 7. The summed E-state index contributed by atoms with van der Waals surface area (Å²) in [5.41, 5.74) is -0.497. The van der Waals surface area contributed by atoms with E-state index in [4.69, 9.17) is 5.11 Å². The fraction of sp³-hybridized carbons (Fsp3) is 0.913. The van der Waals surface area contributed by atoms with Crippen molar-refractivity contribution in [2.45, 2.75) is 58.4 Å². The number of hydrogen-bond acceptors (Lipinski definition) is 8. The van der Waals surface area contributed by atoms with E-state index >= 15 is 0 Å². The van der Waals surface area contributed by atoms with Crippen LogP contribution < -0.4 is 37.2 Å². The SMILES string of the molecule is CCNCCCNCC(CNCCCNCC)(CNCCNCC)NC(=O)CCCC(=O)O. The number of carbonyl (C=O) groups excluding carboxylic acids is 1. The van der Waals surface area contributed by atoms with E-state index in [1.54, 1.807) is 0 Å². The Morgan fingerprint density at radius 1 is 0.606 bits per heavy atom. The van der Waals surface area contributed by atoms with Crippen LogP contribution in [0.15, 0.2) is 0 Å².